The Morgan fingerprint density at radius 2 is 2.11 bits per heavy atom. The fourth-order valence-corrected chi connectivity index (χ4v) is 2.85. The van der Waals surface area contributed by atoms with Gasteiger partial charge in [0.25, 0.3) is 0 Å². The lowest BCUT2D eigenvalue weighted by Crippen LogP contribution is -2.27. The summed E-state index contributed by atoms with van der Waals surface area (Å²) >= 11 is 0. The van der Waals surface area contributed by atoms with Crippen molar-refractivity contribution in [1.29, 1.82) is 0 Å². The topological polar surface area (TPSA) is 32.5 Å². The second-order valence-corrected chi connectivity index (χ2v) is 5.77. The standard InChI is InChI=1S/C16H27N3/c1-18(13-15-6-3-2-4-7-15)9-5-10-19-11-8-16(12-17)14-19/h2-4,6-7,16H,5,8-14,17H2,1H3. The van der Waals surface area contributed by atoms with Crippen LogP contribution in [-0.4, -0.2) is 49.6 Å². The number of hydrogen-bond donors (Lipinski definition) is 1. The molecule has 1 fully saturated rings. The molecule has 1 atom stereocenters. The van der Waals surface area contributed by atoms with E-state index in [9.17, 15) is 0 Å². The van der Waals surface area contributed by atoms with Gasteiger partial charge in [0, 0.05) is 13.1 Å². The molecule has 1 unspecified atom stereocenters. The van der Waals surface area contributed by atoms with E-state index in [1.807, 2.05) is 0 Å². The minimum Gasteiger partial charge on any atom is -0.330 e. The van der Waals surface area contributed by atoms with Crippen LogP contribution in [0.15, 0.2) is 30.3 Å². The Morgan fingerprint density at radius 1 is 1.32 bits per heavy atom. The summed E-state index contributed by atoms with van der Waals surface area (Å²) < 4.78 is 0. The van der Waals surface area contributed by atoms with Gasteiger partial charge in [-0.05, 0) is 57.5 Å². The van der Waals surface area contributed by atoms with Crippen molar-refractivity contribution in [3.8, 4) is 0 Å². The average Bonchev–Trinajstić information content (AvgIpc) is 2.88. The second-order valence-electron chi connectivity index (χ2n) is 5.77. The molecule has 0 spiro atoms. The number of nitrogens with two attached hydrogens (primary N) is 1. The molecule has 0 radical (unpaired) electrons. The van der Waals surface area contributed by atoms with Crippen LogP contribution in [0.25, 0.3) is 0 Å². The molecule has 19 heavy (non-hydrogen) atoms. The van der Waals surface area contributed by atoms with Gasteiger partial charge in [0.1, 0.15) is 0 Å². The summed E-state index contributed by atoms with van der Waals surface area (Å²) in [6.07, 6.45) is 2.54. The third-order valence-electron chi connectivity index (χ3n) is 4.01. The first-order valence-electron chi connectivity index (χ1n) is 7.43. The van der Waals surface area contributed by atoms with E-state index in [1.165, 1.54) is 44.6 Å². The molecule has 1 aliphatic heterocycles. The molecule has 3 heteroatoms. The van der Waals surface area contributed by atoms with Gasteiger partial charge in [-0.1, -0.05) is 30.3 Å². The van der Waals surface area contributed by atoms with Crippen molar-refractivity contribution in [2.24, 2.45) is 11.7 Å². The molecule has 2 rings (SSSR count). The van der Waals surface area contributed by atoms with Crippen LogP contribution in [-0.2, 0) is 6.54 Å². The predicted molar refractivity (Wildman–Crippen MR) is 81.0 cm³/mol. The summed E-state index contributed by atoms with van der Waals surface area (Å²) in [6, 6.07) is 10.7. The van der Waals surface area contributed by atoms with Crippen molar-refractivity contribution in [3.05, 3.63) is 35.9 Å². The van der Waals surface area contributed by atoms with E-state index in [1.54, 1.807) is 0 Å². The van der Waals surface area contributed by atoms with Crippen LogP contribution in [0.4, 0.5) is 0 Å². The van der Waals surface area contributed by atoms with Gasteiger partial charge in [0.2, 0.25) is 0 Å². The highest BCUT2D eigenvalue weighted by Gasteiger charge is 2.20. The van der Waals surface area contributed by atoms with Gasteiger partial charge in [-0.25, -0.2) is 0 Å². The minimum absolute atomic E-state index is 0.738. The Morgan fingerprint density at radius 3 is 2.79 bits per heavy atom. The molecule has 0 saturated carbocycles. The minimum atomic E-state index is 0.738. The van der Waals surface area contributed by atoms with Crippen LogP contribution in [0, 0.1) is 5.92 Å². The first-order valence-corrected chi connectivity index (χ1v) is 7.43. The number of nitrogens with zero attached hydrogens (tertiary/aromatic N) is 2. The van der Waals surface area contributed by atoms with Gasteiger partial charge in [-0.15, -0.1) is 0 Å². The molecule has 1 saturated heterocycles. The maximum atomic E-state index is 5.72. The average molecular weight is 261 g/mol. The first-order chi connectivity index (χ1) is 9.28. The maximum Gasteiger partial charge on any atom is 0.0230 e. The van der Waals surface area contributed by atoms with E-state index in [2.05, 4.69) is 47.2 Å². The zero-order chi connectivity index (χ0) is 13.5. The van der Waals surface area contributed by atoms with E-state index < -0.39 is 0 Å². The molecule has 0 aromatic heterocycles. The molecule has 0 bridgehead atoms. The Labute approximate surface area is 117 Å². The summed E-state index contributed by atoms with van der Waals surface area (Å²) in [5.41, 5.74) is 7.12. The lowest BCUT2D eigenvalue weighted by molar-refractivity contribution is 0.270. The van der Waals surface area contributed by atoms with E-state index in [4.69, 9.17) is 5.73 Å². The van der Waals surface area contributed by atoms with Crippen LogP contribution in [0.1, 0.15) is 18.4 Å². The Kier molecular flexibility index (Phi) is 5.83. The Hall–Kier alpha value is -0.900. The van der Waals surface area contributed by atoms with Crippen molar-refractivity contribution in [2.45, 2.75) is 19.4 Å². The largest absolute Gasteiger partial charge is 0.330 e. The van der Waals surface area contributed by atoms with E-state index in [0.717, 1.165) is 19.0 Å². The maximum absolute atomic E-state index is 5.72. The second kappa shape index (κ2) is 7.63. The fourth-order valence-electron chi connectivity index (χ4n) is 2.85. The molecule has 106 valence electrons. The number of hydrogen-bond acceptors (Lipinski definition) is 3. The molecule has 2 N–H and O–H groups in total. The van der Waals surface area contributed by atoms with E-state index in [0.29, 0.717) is 0 Å². The van der Waals surface area contributed by atoms with Crippen molar-refractivity contribution in [2.75, 3.05) is 39.8 Å². The fraction of sp³-hybridized carbons (Fsp3) is 0.625. The summed E-state index contributed by atoms with van der Waals surface area (Å²) in [7, 11) is 2.21. The van der Waals surface area contributed by atoms with Crippen molar-refractivity contribution in [3.63, 3.8) is 0 Å². The number of benzene rings is 1. The summed E-state index contributed by atoms with van der Waals surface area (Å²) in [5, 5.41) is 0. The van der Waals surface area contributed by atoms with Gasteiger partial charge < -0.3 is 15.5 Å². The van der Waals surface area contributed by atoms with Crippen LogP contribution in [0.3, 0.4) is 0 Å². The highest BCUT2D eigenvalue weighted by molar-refractivity contribution is 5.14. The summed E-state index contributed by atoms with van der Waals surface area (Å²) in [4.78, 5) is 4.97. The van der Waals surface area contributed by atoms with Gasteiger partial charge >= 0.3 is 0 Å². The van der Waals surface area contributed by atoms with Crippen LogP contribution in [0.2, 0.25) is 0 Å². The molecule has 1 aliphatic rings. The molecule has 0 aliphatic carbocycles. The van der Waals surface area contributed by atoms with Gasteiger partial charge in [-0.3, -0.25) is 0 Å². The lowest BCUT2D eigenvalue weighted by Gasteiger charge is -2.20. The zero-order valence-electron chi connectivity index (χ0n) is 12.1. The normalized spacial score (nSPS) is 20.3. The lowest BCUT2D eigenvalue weighted by atomic mass is 10.1. The van der Waals surface area contributed by atoms with Crippen LogP contribution >= 0.6 is 0 Å². The first kappa shape index (κ1) is 14.5. The van der Waals surface area contributed by atoms with Crippen molar-refractivity contribution >= 4 is 0 Å². The summed E-state index contributed by atoms with van der Waals surface area (Å²) in [5.74, 6) is 0.738. The molecule has 1 heterocycles. The molecule has 0 amide bonds. The highest BCUT2D eigenvalue weighted by Crippen LogP contribution is 2.14. The number of rotatable bonds is 7. The van der Waals surface area contributed by atoms with Gasteiger partial charge in [-0.2, -0.15) is 0 Å². The molecule has 3 nitrogen and oxygen atoms in total. The van der Waals surface area contributed by atoms with Crippen molar-refractivity contribution in [1.82, 2.24) is 9.80 Å². The quantitative estimate of drug-likeness (QED) is 0.812. The van der Waals surface area contributed by atoms with Gasteiger partial charge in [0.15, 0.2) is 0 Å². The van der Waals surface area contributed by atoms with Crippen LogP contribution < -0.4 is 5.73 Å². The van der Waals surface area contributed by atoms with E-state index in [-0.39, 0.29) is 0 Å². The molecular weight excluding hydrogens is 234 g/mol. The number of likely N-dealkylation sites (tertiary alicyclic amines) is 1. The SMILES string of the molecule is CN(CCCN1CCC(CN)C1)Cc1ccccc1. The monoisotopic (exact) mass is 261 g/mol. The predicted octanol–water partition coefficient (Wildman–Crippen LogP) is 1.79. The van der Waals surface area contributed by atoms with Gasteiger partial charge in [0.05, 0.1) is 0 Å². The Balaban J connectivity index is 1.60. The molecule has 1 aromatic rings. The third-order valence-corrected chi connectivity index (χ3v) is 4.01. The van der Waals surface area contributed by atoms with E-state index >= 15 is 0 Å². The zero-order valence-corrected chi connectivity index (χ0v) is 12.1. The van der Waals surface area contributed by atoms with Crippen molar-refractivity contribution < 1.29 is 0 Å². The molecule has 1 aromatic carbocycles. The summed E-state index contributed by atoms with van der Waals surface area (Å²) in [6.45, 7) is 6.73. The Bertz CT molecular complexity index is 352. The third kappa shape index (κ3) is 4.94. The molecular formula is C16H27N3. The smallest absolute Gasteiger partial charge is 0.0230 e. The van der Waals surface area contributed by atoms with Crippen LogP contribution in [0.5, 0.6) is 0 Å². The highest BCUT2D eigenvalue weighted by atomic mass is 15.2.